The summed E-state index contributed by atoms with van der Waals surface area (Å²) in [6.07, 6.45) is 4.98. The lowest BCUT2D eigenvalue weighted by molar-refractivity contribution is 0.102. The summed E-state index contributed by atoms with van der Waals surface area (Å²) in [4.78, 5) is 23.9. The highest BCUT2D eigenvalue weighted by atomic mass is 16.5. The van der Waals surface area contributed by atoms with Crippen LogP contribution in [-0.2, 0) is 4.74 Å². The van der Waals surface area contributed by atoms with E-state index in [9.17, 15) is 4.79 Å². The fourth-order valence-corrected chi connectivity index (χ4v) is 3.39. The maximum atomic E-state index is 12.9. The van der Waals surface area contributed by atoms with E-state index in [1.807, 2.05) is 44.2 Å². The lowest BCUT2D eigenvalue weighted by atomic mass is 10.1. The fraction of sp³-hybridized carbons (Fsp3) is 0.333. The lowest BCUT2D eigenvalue weighted by Gasteiger charge is -2.27. The van der Waals surface area contributed by atoms with E-state index in [2.05, 4.69) is 25.3 Å². The van der Waals surface area contributed by atoms with Crippen LogP contribution in [0.4, 0.5) is 11.5 Å². The number of nitrogens with zero attached hydrogens (tertiary/aromatic N) is 5. The number of hydrogen-bond donors (Lipinski definition) is 1. The van der Waals surface area contributed by atoms with Crippen molar-refractivity contribution in [3.8, 4) is 5.82 Å². The van der Waals surface area contributed by atoms with Crippen molar-refractivity contribution in [3.05, 3.63) is 60.2 Å². The number of amides is 1. The Labute approximate surface area is 169 Å². The number of carbonyl (C=O) groups is 1. The van der Waals surface area contributed by atoms with Gasteiger partial charge in [-0.25, -0.2) is 14.6 Å². The number of anilines is 2. The first-order valence-corrected chi connectivity index (χ1v) is 9.73. The van der Waals surface area contributed by atoms with Crippen molar-refractivity contribution in [2.75, 3.05) is 36.5 Å². The molecule has 1 aliphatic heterocycles. The second kappa shape index (κ2) is 8.40. The van der Waals surface area contributed by atoms with Gasteiger partial charge in [0.2, 0.25) is 0 Å². The molecule has 4 heterocycles. The maximum absolute atomic E-state index is 12.9. The molecular weight excluding hydrogens is 368 g/mol. The van der Waals surface area contributed by atoms with Crippen LogP contribution >= 0.6 is 0 Å². The molecule has 0 saturated carbocycles. The Morgan fingerprint density at radius 1 is 1.07 bits per heavy atom. The Morgan fingerprint density at radius 2 is 1.90 bits per heavy atom. The first-order valence-electron chi connectivity index (χ1n) is 9.73. The van der Waals surface area contributed by atoms with Gasteiger partial charge in [-0.15, -0.1) is 0 Å². The predicted molar refractivity (Wildman–Crippen MR) is 111 cm³/mol. The summed E-state index contributed by atoms with van der Waals surface area (Å²) < 4.78 is 7.09. The van der Waals surface area contributed by atoms with Gasteiger partial charge in [0.15, 0.2) is 5.82 Å². The average molecular weight is 392 g/mol. The van der Waals surface area contributed by atoms with Gasteiger partial charge in [0.25, 0.3) is 5.91 Å². The van der Waals surface area contributed by atoms with E-state index in [1.165, 1.54) is 0 Å². The van der Waals surface area contributed by atoms with Crippen molar-refractivity contribution in [1.29, 1.82) is 0 Å². The minimum absolute atomic E-state index is 0.0991. The zero-order valence-electron chi connectivity index (χ0n) is 16.6. The Bertz CT molecular complexity index is 963. The summed E-state index contributed by atoms with van der Waals surface area (Å²) in [7, 11) is 0. The molecule has 0 aliphatic carbocycles. The summed E-state index contributed by atoms with van der Waals surface area (Å²) in [5.41, 5.74) is 1.99. The highest BCUT2D eigenvalue weighted by Crippen LogP contribution is 2.23. The molecule has 0 radical (unpaired) electrons. The van der Waals surface area contributed by atoms with Crippen LogP contribution in [0.3, 0.4) is 0 Å². The molecule has 8 nitrogen and oxygen atoms in total. The van der Waals surface area contributed by atoms with Crippen molar-refractivity contribution >= 4 is 17.4 Å². The summed E-state index contributed by atoms with van der Waals surface area (Å²) >= 11 is 0. The van der Waals surface area contributed by atoms with Gasteiger partial charge in [-0.2, -0.15) is 5.10 Å². The van der Waals surface area contributed by atoms with E-state index < -0.39 is 0 Å². The van der Waals surface area contributed by atoms with Crippen molar-refractivity contribution < 1.29 is 9.53 Å². The standard InChI is InChI=1S/C21H24N6O2/c1-15(2)20-17(14-24-27(20)19-5-3-4-8-22-19)21(28)25-16-6-7-18(23-13-16)26-9-11-29-12-10-26/h3-8,13-15H,9-12H2,1-2H3,(H,25,28). The molecule has 0 unspecified atom stereocenters. The number of nitrogens with one attached hydrogen (secondary N) is 1. The summed E-state index contributed by atoms with van der Waals surface area (Å²) in [6, 6.07) is 9.41. The zero-order chi connectivity index (χ0) is 20.2. The zero-order valence-corrected chi connectivity index (χ0v) is 16.6. The predicted octanol–water partition coefficient (Wildman–Crippen LogP) is 2.87. The van der Waals surface area contributed by atoms with Crippen molar-refractivity contribution in [3.63, 3.8) is 0 Å². The molecule has 0 bridgehead atoms. The van der Waals surface area contributed by atoms with Gasteiger partial charge in [0.1, 0.15) is 5.82 Å². The Morgan fingerprint density at radius 3 is 2.55 bits per heavy atom. The van der Waals surface area contributed by atoms with Gasteiger partial charge in [-0.05, 0) is 30.2 Å². The molecule has 1 fully saturated rings. The number of hydrogen-bond acceptors (Lipinski definition) is 6. The van der Waals surface area contributed by atoms with Gasteiger partial charge in [-0.3, -0.25) is 4.79 Å². The number of morpholine rings is 1. The molecule has 1 amide bonds. The highest BCUT2D eigenvalue weighted by molar-refractivity contribution is 6.05. The molecule has 8 heteroatoms. The van der Waals surface area contributed by atoms with E-state index in [1.54, 1.807) is 23.3 Å². The van der Waals surface area contributed by atoms with Gasteiger partial charge >= 0.3 is 0 Å². The quantitative estimate of drug-likeness (QED) is 0.719. The minimum Gasteiger partial charge on any atom is -0.378 e. The van der Waals surface area contributed by atoms with Crippen LogP contribution in [0.1, 0.15) is 35.8 Å². The van der Waals surface area contributed by atoms with Crippen LogP contribution in [0.2, 0.25) is 0 Å². The monoisotopic (exact) mass is 392 g/mol. The Kier molecular flexibility index (Phi) is 5.53. The summed E-state index contributed by atoms with van der Waals surface area (Å²) in [6.45, 7) is 7.13. The van der Waals surface area contributed by atoms with Crippen LogP contribution in [0.25, 0.3) is 5.82 Å². The van der Waals surface area contributed by atoms with Gasteiger partial charge in [-0.1, -0.05) is 19.9 Å². The minimum atomic E-state index is -0.211. The molecule has 1 saturated heterocycles. The van der Waals surface area contributed by atoms with E-state index in [4.69, 9.17) is 4.74 Å². The maximum Gasteiger partial charge on any atom is 0.259 e. The third kappa shape index (κ3) is 4.12. The first-order chi connectivity index (χ1) is 14.1. The van der Waals surface area contributed by atoms with Crippen LogP contribution in [0.15, 0.2) is 48.9 Å². The number of aromatic nitrogens is 4. The van der Waals surface area contributed by atoms with E-state index in [0.717, 1.165) is 24.6 Å². The molecule has 3 aromatic heterocycles. The number of rotatable bonds is 5. The van der Waals surface area contributed by atoms with E-state index in [-0.39, 0.29) is 11.8 Å². The molecule has 1 aliphatic rings. The van der Waals surface area contributed by atoms with Crippen molar-refractivity contribution in [1.82, 2.24) is 19.7 Å². The molecule has 0 atom stereocenters. The second-order valence-corrected chi connectivity index (χ2v) is 7.16. The molecule has 150 valence electrons. The number of carbonyl (C=O) groups excluding carboxylic acids is 1. The largest absolute Gasteiger partial charge is 0.378 e. The number of ether oxygens (including phenoxy) is 1. The lowest BCUT2D eigenvalue weighted by Crippen LogP contribution is -2.36. The fourth-order valence-electron chi connectivity index (χ4n) is 3.39. The molecule has 3 aromatic rings. The summed E-state index contributed by atoms with van der Waals surface area (Å²) in [5, 5.41) is 7.33. The first kappa shape index (κ1) is 19.1. The van der Waals surface area contributed by atoms with Gasteiger partial charge in [0, 0.05) is 19.3 Å². The molecular formula is C21H24N6O2. The SMILES string of the molecule is CC(C)c1c(C(=O)Nc2ccc(N3CCOCC3)nc2)cnn1-c1ccccn1. The second-order valence-electron chi connectivity index (χ2n) is 7.16. The average Bonchev–Trinajstić information content (AvgIpc) is 3.21. The third-order valence-corrected chi connectivity index (χ3v) is 4.81. The topological polar surface area (TPSA) is 85.2 Å². The Balaban J connectivity index is 1.53. The normalized spacial score (nSPS) is 14.2. The van der Waals surface area contributed by atoms with Gasteiger partial charge < -0.3 is 15.0 Å². The summed E-state index contributed by atoms with van der Waals surface area (Å²) in [5.74, 6) is 1.46. The third-order valence-electron chi connectivity index (χ3n) is 4.81. The Hall–Kier alpha value is -3.26. The molecule has 29 heavy (non-hydrogen) atoms. The van der Waals surface area contributed by atoms with Crippen LogP contribution in [0, 0.1) is 0 Å². The smallest absolute Gasteiger partial charge is 0.259 e. The number of pyridine rings is 2. The van der Waals surface area contributed by atoms with Crippen molar-refractivity contribution in [2.45, 2.75) is 19.8 Å². The molecule has 0 aromatic carbocycles. The van der Waals surface area contributed by atoms with Crippen molar-refractivity contribution in [2.24, 2.45) is 0 Å². The molecule has 0 spiro atoms. The highest BCUT2D eigenvalue weighted by Gasteiger charge is 2.21. The van der Waals surface area contributed by atoms with E-state index in [0.29, 0.717) is 30.3 Å². The van der Waals surface area contributed by atoms with Crippen LogP contribution in [-0.4, -0.2) is 52.0 Å². The van der Waals surface area contributed by atoms with Gasteiger partial charge in [0.05, 0.1) is 42.6 Å². The van der Waals surface area contributed by atoms with Crippen LogP contribution in [0.5, 0.6) is 0 Å². The van der Waals surface area contributed by atoms with E-state index >= 15 is 0 Å². The molecule has 4 rings (SSSR count). The molecule has 1 N–H and O–H groups in total. The van der Waals surface area contributed by atoms with Crippen LogP contribution < -0.4 is 10.2 Å².